The van der Waals surface area contributed by atoms with E-state index in [-0.39, 0.29) is 0 Å². The smallest absolute Gasteiger partial charge is 0.322 e. The third-order valence-corrected chi connectivity index (χ3v) is 2.73. The molecule has 2 aromatic rings. The largest absolute Gasteiger partial charge is 0.464 e. The molecule has 2 aromatic heterocycles. The van der Waals surface area contributed by atoms with Gasteiger partial charge in [0.25, 0.3) is 5.22 Å². The maximum Gasteiger partial charge on any atom is 0.322 e. The van der Waals surface area contributed by atoms with Crippen LogP contribution in [0, 0.1) is 0 Å². The Bertz CT molecular complexity index is 506. The third-order valence-electron chi connectivity index (χ3n) is 1.99. The Kier molecular flexibility index (Phi) is 4.96. The molecule has 0 spiro atoms. The average Bonchev–Trinajstić information content (AvgIpc) is 2.89. The number of hydrogen-bond acceptors (Lipinski definition) is 8. The molecule has 0 atom stereocenters. The molecule has 0 bridgehead atoms. The van der Waals surface area contributed by atoms with Crippen molar-refractivity contribution < 1.29 is 9.15 Å². The van der Waals surface area contributed by atoms with Crippen molar-refractivity contribution in [1.82, 2.24) is 19.9 Å². The van der Waals surface area contributed by atoms with E-state index in [1.165, 1.54) is 18.0 Å². The Morgan fingerprint density at radius 3 is 2.89 bits per heavy atom. The second-order valence-electron chi connectivity index (χ2n) is 3.48. The van der Waals surface area contributed by atoms with Crippen LogP contribution in [0.2, 0.25) is 0 Å². The molecule has 0 aliphatic heterocycles. The summed E-state index contributed by atoms with van der Waals surface area (Å²) in [5.41, 5.74) is 0. The van der Waals surface area contributed by atoms with Gasteiger partial charge in [-0.1, -0.05) is 6.92 Å². The first-order valence-corrected chi connectivity index (χ1v) is 6.83. The van der Waals surface area contributed by atoms with E-state index in [4.69, 9.17) is 9.15 Å². The number of rotatable bonds is 7. The SMILES string of the molecule is CCCNc1nc(OCC)nc(Sc2ncco2)n1. The first kappa shape index (κ1) is 13.6. The minimum absolute atomic E-state index is 0.296. The molecule has 0 fully saturated rings. The molecular weight excluding hydrogens is 266 g/mol. The topological polar surface area (TPSA) is 86.0 Å². The summed E-state index contributed by atoms with van der Waals surface area (Å²) in [4.78, 5) is 16.6. The van der Waals surface area contributed by atoms with Crippen LogP contribution in [0.15, 0.2) is 27.3 Å². The fourth-order valence-electron chi connectivity index (χ4n) is 1.23. The summed E-state index contributed by atoms with van der Waals surface area (Å²) in [6, 6.07) is 0.296. The zero-order valence-electron chi connectivity index (χ0n) is 10.8. The molecule has 7 nitrogen and oxygen atoms in total. The van der Waals surface area contributed by atoms with Gasteiger partial charge in [0.1, 0.15) is 6.26 Å². The van der Waals surface area contributed by atoms with Crippen molar-refractivity contribution in [1.29, 1.82) is 0 Å². The molecule has 2 rings (SSSR count). The molecule has 0 unspecified atom stereocenters. The highest BCUT2D eigenvalue weighted by Gasteiger charge is 2.10. The van der Waals surface area contributed by atoms with E-state index >= 15 is 0 Å². The average molecular weight is 281 g/mol. The summed E-state index contributed by atoms with van der Waals surface area (Å²) >= 11 is 1.22. The van der Waals surface area contributed by atoms with Crippen molar-refractivity contribution in [3.05, 3.63) is 12.5 Å². The number of nitrogens with one attached hydrogen (secondary N) is 1. The van der Waals surface area contributed by atoms with Crippen LogP contribution in [0.25, 0.3) is 0 Å². The second kappa shape index (κ2) is 6.93. The van der Waals surface area contributed by atoms with Crippen LogP contribution in [0.4, 0.5) is 5.95 Å². The maximum absolute atomic E-state index is 5.32. The lowest BCUT2D eigenvalue weighted by atomic mass is 10.5. The first-order chi connectivity index (χ1) is 9.31. The molecule has 0 aliphatic rings. The van der Waals surface area contributed by atoms with E-state index in [2.05, 4.69) is 32.2 Å². The summed E-state index contributed by atoms with van der Waals surface area (Å²) in [5.74, 6) is 0.495. The first-order valence-electron chi connectivity index (χ1n) is 6.02. The second-order valence-corrected chi connectivity index (χ2v) is 4.40. The quantitative estimate of drug-likeness (QED) is 0.826. The standard InChI is InChI=1S/C11H15N5O2S/c1-3-5-12-8-14-9(17-4-2)16-10(15-8)19-11-13-6-7-18-11/h6-7H,3-5H2,1-2H3,(H,12,14,15,16). The monoisotopic (exact) mass is 281 g/mol. The van der Waals surface area contributed by atoms with Crippen molar-refractivity contribution in [3.8, 4) is 6.01 Å². The van der Waals surface area contributed by atoms with Crippen molar-refractivity contribution in [3.63, 3.8) is 0 Å². The van der Waals surface area contributed by atoms with Gasteiger partial charge in [-0.25, -0.2) is 4.98 Å². The van der Waals surface area contributed by atoms with Crippen LogP contribution in [0.5, 0.6) is 6.01 Å². The molecule has 102 valence electrons. The molecule has 0 amide bonds. The van der Waals surface area contributed by atoms with E-state index in [0.717, 1.165) is 13.0 Å². The number of anilines is 1. The summed E-state index contributed by atoms with van der Waals surface area (Å²) in [6.45, 7) is 5.24. The number of oxazole rings is 1. The van der Waals surface area contributed by atoms with Gasteiger partial charge in [-0.3, -0.25) is 0 Å². The van der Waals surface area contributed by atoms with Crippen LogP contribution < -0.4 is 10.1 Å². The van der Waals surface area contributed by atoms with Crippen molar-refractivity contribution >= 4 is 17.7 Å². The Balaban J connectivity index is 2.17. The van der Waals surface area contributed by atoms with E-state index < -0.39 is 0 Å². The Labute approximate surface area is 115 Å². The van der Waals surface area contributed by atoms with Gasteiger partial charge in [0.05, 0.1) is 12.8 Å². The number of aromatic nitrogens is 4. The lowest BCUT2D eigenvalue weighted by Gasteiger charge is -2.06. The van der Waals surface area contributed by atoms with Crippen LogP contribution >= 0.6 is 11.8 Å². The molecule has 0 radical (unpaired) electrons. The van der Waals surface area contributed by atoms with Crippen LogP contribution in [-0.2, 0) is 0 Å². The molecule has 0 aliphatic carbocycles. The van der Waals surface area contributed by atoms with Crippen LogP contribution in [0.1, 0.15) is 20.3 Å². The van der Waals surface area contributed by atoms with E-state index in [1.807, 2.05) is 6.92 Å². The van der Waals surface area contributed by atoms with Gasteiger partial charge in [-0.15, -0.1) is 0 Å². The molecule has 19 heavy (non-hydrogen) atoms. The lowest BCUT2D eigenvalue weighted by molar-refractivity contribution is 0.308. The lowest BCUT2D eigenvalue weighted by Crippen LogP contribution is -2.08. The van der Waals surface area contributed by atoms with Gasteiger partial charge in [-0.2, -0.15) is 15.0 Å². The van der Waals surface area contributed by atoms with Gasteiger partial charge in [0.2, 0.25) is 11.1 Å². The highest BCUT2D eigenvalue weighted by Crippen LogP contribution is 2.24. The van der Waals surface area contributed by atoms with Gasteiger partial charge >= 0.3 is 6.01 Å². The summed E-state index contributed by atoms with van der Waals surface area (Å²) < 4.78 is 10.5. The zero-order chi connectivity index (χ0) is 13.5. The Hall–Kier alpha value is -1.83. The van der Waals surface area contributed by atoms with Gasteiger partial charge in [0.15, 0.2) is 0 Å². The summed E-state index contributed by atoms with van der Waals surface area (Å²) in [7, 11) is 0. The van der Waals surface area contributed by atoms with Crippen molar-refractivity contribution in [2.24, 2.45) is 0 Å². The molecule has 0 saturated carbocycles. The molecule has 0 saturated heterocycles. The van der Waals surface area contributed by atoms with Gasteiger partial charge < -0.3 is 14.5 Å². The van der Waals surface area contributed by atoms with E-state index in [1.54, 1.807) is 6.20 Å². The predicted molar refractivity (Wildman–Crippen MR) is 70.4 cm³/mol. The zero-order valence-corrected chi connectivity index (χ0v) is 11.6. The summed E-state index contributed by atoms with van der Waals surface area (Å²) in [6.07, 6.45) is 4.06. The molecule has 1 N–H and O–H groups in total. The van der Waals surface area contributed by atoms with Gasteiger partial charge in [-0.05, 0) is 13.3 Å². The minimum Gasteiger partial charge on any atom is -0.464 e. The third kappa shape index (κ3) is 4.09. The minimum atomic E-state index is 0.296. The van der Waals surface area contributed by atoms with Gasteiger partial charge in [0, 0.05) is 18.3 Å². The number of nitrogens with zero attached hydrogens (tertiary/aromatic N) is 4. The molecule has 0 aromatic carbocycles. The van der Waals surface area contributed by atoms with Crippen molar-refractivity contribution in [2.75, 3.05) is 18.5 Å². The highest BCUT2D eigenvalue weighted by atomic mass is 32.2. The number of hydrogen-bond donors (Lipinski definition) is 1. The fourth-order valence-corrected chi connectivity index (χ4v) is 1.86. The molecule has 2 heterocycles. The number of ether oxygens (including phenoxy) is 1. The fraction of sp³-hybridized carbons (Fsp3) is 0.455. The molecule has 8 heteroatoms. The highest BCUT2D eigenvalue weighted by molar-refractivity contribution is 7.98. The molecular formula is C11H15N5O2S. The van der Waals surface area contributed by atoms with Crippen LogP contribution in [-0.4, -0.2) is 33.1 Å². The Morgan fingerprint density at radius 1 is 1.32 bits per heavy atom. The van der Waals surface area contributed by atoms with Crippen LogP contribution in [0.3, 0.4) is 0 Å². The predicted octanol–water partition coefficient (Wildman–Crippen LogP) is 2.23. The normalized spacial score (nSPS) is 10.4. The van der Waals surface area contributed by atoms with E-state index in [9.17, 15) is 0 Å². The van der Waals surface area contributed by atoms with Crippen molar-refractivity contribution in [2.45, 2.75) is 30.6 Å². The summed E-state index contributed by atoms with van der Waals surface area (Å²) in [5, 5.41) is 4.07. The van der Waals surface area contributed by atoms with E-state index in [0.29, 0.717) is 28.9 Å². The maximum atomic E-state index is 5.32. The Morgan fingerprint density at radius 2 is 2.21 bits per heavy atom.